The molecule has 0 spiro atoms. The van der Waals surface area contributed by atoms with Crippen LogP contribution in [-0.4, -0.2) is 24.2 Å². The summed E-state index contributed by atoms with van der Waals surface area (Å²) in [5.74, 6) is 0.892. The van der Waals surface area contributed by atoms with Gasteiger partial charge in [0.25, 0.3) is 0 Å². The van der Waals surface area contributed by atoms with Crippen LogP contribution in [0.4, 0.5) is 0 Å². The quantitative estimate of drug-likeness (QED) is 0.903. The molecule has 1 N–H and O–H groups in total. The van der Waals surface area contributed by atoms with Gasteiger partial charge in [0.05, 0.1) is 4.88 Å². The van der Waals surface area contributed by atoms with Gasteiger partial charge < -0.3 is 10.1 Å². The van der Waals surface area contributed by atoms with Crippen molar-refractivity contribution >= 4 is 11.3 Å². The van der Waals surface area contributed by atoms with E-state index < -0.39 is 0 Å². The molecule has 0 radical (unpaired) electrons. The smallest absolute Gasteiger partial charge is 0.146 e. The van der Waals surface area contributed by atoms with Crippen LogP contribution in [0.3, 0.4) is 0 Å². The fourth-order valence-electron chi connectivity index (χ4n) is 1.99. The molecule has 3 nitrogen and oxygen atoms in total. The molecule has 1 fully saturated rings. The molecule has 3 rings (SSSR count). The van der Waals surface area contributed by atoms with Gasteiger partial charge in [0.15, 0.2) is 0 Å². The zero-order valence-corrected chi connectivity index (χ0v) is 10.2. The highest BCUT2D eigenvalue weighted by Gasteiger charge is 2.18. The van der Waals surface area contributed by atoms with E-state index in [1.54, 1.807) is 11.3 Å². The summed E-state index contributed by atoms with van der Waals surface area (Å²) < 4.78 is 6.01. The minimum Gasteiger partial charge on any atom is -0.487 e. The van der Waals surface area contributed by atoms with Crippen molar-refractivity contribution < 1.29 is 4.74 Å². The summed E-state index contributed by atoms with van der Waals surface area (Å²) in [5, 5.41) is 5.36. The molecule has 0 unspecified atom stereocenters. The highest BCUT2D eigenvalue weighted by molar-refractivity contribution is 7.13. The van der Waals surface area contributed by atoms with E-state index >= 15 is 0 Å². The van der Waals surface area contributed by atoms with Gasteiger partial charge in [0.1, 0.15) is 17.5 Å². The average molecular weight is 246 g/mol. The van der Waals surface area contributed by atoms with Gasteiger partial charge in [0.2, 0.25) is 0 Å². The normalized spacial score (nSPS) is 19.4. The molecule has 0 saturated carbocycles. The lowest BCUT2D eigenvalue weighted by atomic mass is 10.2. The first kappa shape index (κ1) is 10.7. The van der Waals surface area contributed by atoms with Crippen LogP contribution in [0.2, 0.25) is 0 Å². The second kappa shape index (κ2) is 4.85. The van der Waals surface area contributed by atoms with E-state index in [0.29, 0.717) is 0 Å². The Kier molecular flexibility index (Phi) is 3.07. The van der Waals surface area contributed by atoms with Crippen molar-refractivity contribution in [3.05, 3.63) is 35.8 Å². The highest BCUT2D eigenvalue weighted by Crippen LogP contribution is 2.31. The number of rotatable bonds is 3. The summed E-state index contributed by atoms with van der Waals surface area (Å²) >= 11 is 1.69. The number of nitrogens with one attached hydrogen (secondary N) is 1. The monoisotopic (exact) mass is 246 g/mol. The van der Waals surface area contributed by atoms with Crippen LogP contribution >= 0.6 is 11.3 Å². The van der Waals surface area contributed by atoms with Crippen molar-refractivity contribution in [1.29, 1.82) is 0 Å². The van der Waals surface area contributed by atoms with Gasteiger partial charge in [0, 0.05) is 12.7 Å². The molecule has 1 aliphatic heterocycles. The second-order valence-electron chi connectivity index (χ2n) is 4.06. The number of hydrogen-bond acceptors (Lipinski definition) is 4. The third-order valence-electron chi connectivity index (χ3n) is 2.83. The van der Waals surface area contributed by atoms with Gasteiger partial charge in [-0.1, -0.05) is 6.07 Å². The van der Waals surface area contributed by atoms with Crippen LogP contribution in [0.15, 0.2) is 35.8 Å². The molecule has 0 amide bonds. The Labute approximate surface area is 104 Å². The zero-order valence-electron chi connectivity index (χ0n) is 9.43. The van der Waals surface area contributed by atoms with E-state index in [0.717, 1.165) is 35.8 Å². The number of pyridine rings is 1. The minimum absolute atomic E-state index is 0.276. The summed E-state index contributed by atoms with van der Waals surface area (Å²) in [7, 11) is 0. The maximum Gasteiger partial charge on any atom is 0.146 e. The lowest BCUT2D eigenvalue weighted by molar-refractivity contribution is 0.223. The maximum absolute atomic E-state index is 6.01. The van der Waals surface area contributed by atoms with Crippen molar-refractivity contribution in [2.24, 2.45) is 0 Å². The van der Waals surface area contributed by atoms with Gasteiger partial charge in [-0.15, -0.1) is 11.3 Å². The molecule has 1 atom stereocenters. The van der Waals surface area contributed by atoms with Crippen molar-refractivity contribution in [2.45, 2.75) is 12.5 Å². The molecule has 3 heterocycles. The van der Waals surface area contributed by atoms with Gasteiger partial charge in [-0.25, -0.2) is 0 Å². The van der Waals surface area contributed by atoms with Crippen molar-refractivity contribution in [1.82, 2.24) is 10.3 Å². The molecule has 17 heavy (non-hydrogen) atoms. The Morgan fingerprint density at radius 2 is 2.35 bits per heavy atom. The lowest BCUT2D eigenvalue weighted by Gasteiger charge is -2.14. The summed E-state index contributed by atoms with van der Waals surface area (Å²) in [6.45, 7) is 1.97. The summed E-state index contributed by atoms with van der Waals surface area (Å²) in [4.78, 5) is 5.59. The Hall–Kier alpha value is -1.39. The zero-order chi connectivity index (χ0) is 11.5. The molecular formula is C13H14N2OS. The number of nitrogens with zero attached hydrogens (tertiary/aromatic N) is 1. The Morgan fingerprint density at radius 3 is 3.12 bits per heavy atom. The number of ether oxygens (including phenoxy) is 1. The van der Waals surface area contributed by atoms with E-state index in [1.807, 2.05) is 24.4 Å². The summed E-state index contributed by atoms with van der Waals surface area (Å²) in [6, 6.07) is 8.04. The molecule has 2 aromatic rings. The number of thiophene rings is 1. The molecule has 1 saturated heterocycles. The van der Waals surface area contributed by atoms with Crippen LogP contribution in [0.5, 0.6) is 5.75 Å². The minimum atomic E-state index is 0.276. The molecule has 1 aliphatic rings. The summed E-state index contributed by atoms with van der Waals surface area (Å²) in [5.41, 5.74) is 0.953. The van der Waals surface area contributed by atoms with Crippen molar-refractivity contribution in [2.75, 3.05) is 13.1 Å². The molecule has 0 bridgehead atoms. The molecule has 88 valence electrons. The van der Waals surface area contributed by atoms with Gasteiger partial charge in [-0.05, 0) is 36.5 Å². The molecule has 0 aromatic carbocycles. The van der Waals surface area contributed by atoms with Crippen LogP contribution < -0.4 is 10.1 Å². The van der Waals surface area contributed by atoms with Gasteiger partial charge in [-0.2, -0.15) is 0 Å². The van der Waals surface area contributed by atoms with E-state index in [9.17, 15) is 0 Å². The lowest BCUT2D eigenvalue weighted by Crippen LogP contribution is -2.19. The molecule has 0 aliphatic carbocycles. The topological polar surface area (TPSA) is 34.1 Å². The Balaban J connectivity index is 1.88. The van der Waals surface area contributed by atoms with E-state index in [4.69, 9.17) is 4.74 Å². The van der Waals surface area contributed by atoms with E-state index in [2.05, 4.69) is 21.7 Å². The Morgan fingerprint density at radius 1 is 1.35 bits per heavy atom. The Bertz CT molecular complexity index is 478. The van der Waals surface area contributed by atoms with Crippen LogP contribution in [-0.2, 0) is 0 Å². The van der Waals surface area contributed by atoms with E-state index in [-0.39, 0.29) is 6.10 Å². The first-order valence-corrected chi connectivity index (χ1v) is 6.68. The third kappa shape index (κ3) is 2.33. The predicted octanol–water partition coefficient (Wildman–Crippen LogP) is 2.55. The van der Waals surface area contributed by atoms with Crippen molar-refractivity contribution in [3.63, 3.8) is 0 Å². The van der Waals surface area contributed by atoms with Crippen molar-refractivity contribution in [3.8, 4) is 16.3 Å². The standard InChI is InChI=1S/C13H14N2OS/c1-3-11(16-10-5-7-14-9-10)13(15-6-1)12-4-2-8-17-12/h1-4,6,8,10,14H,5,7,9H2/t10-/m0/s1. The largest absolute Gasteiger partial charge is 0.487 e. The van der Waals surface area contributed by atoms with Gasteiger partial charge in [-0.3, -0.25) is 4.98 Å². The number of hydrogen-bond donors (Lipinski definition) is 1. The second-order valence-corrected chi connectivity index (χ2v) is 5.01. The highest BCUT2D eigenvalue weighted by atomic mass is 32.1. The third-order valence-corrected chi connectivity index (χ3v) is 3.71. The molecule has 2 aromatic heterocycles. The average Bonchev–Trinajstić information content (AvgIpc) is 3.01. The molecule has 4 heteroatoms. The predicted molar refractivity (Wildman–Crippen MR) is 69.5 cm³/mol. The fourth-order valence-corrected chi connectivity index (χ4v) is 2.72. The fraction of sp³-hybridized carbons (Fsp3) is 0.308. The van der Waals surface area contributed by atoms with Gasteiger partial charge >= 0.3 is 0 Å². The summed E-state index contributed by atoms with van der Waals surface area (Å²) in [6.07, 6.45) is 3.16. The first-order valence-electron chi connectivity index (χ1n) is 5.80. The first-order chi connectivity index (χ1) is 8.43. The SMILES string of the molecule is c1csc(-c2ncccc2O[C@H]2CCNC2)c1. The van der Waals surface area contributed by atoms with Crippen LogP contribution in [0, 0.1) is 0 Å². The molecular weight excluding hydrogens is 232 g/mol. The van der Waals surface area contributed by atoms with E-state index in [1.165, 1.54) is 0 Å². The van der Waals surface area contributed by atoms with Crippen LogP contribution in [0.25, 0.3) is 10.6 Å². The van der Waals surface area contributed by atoms with Crippen LogP contribution in [0.1, 0.15) is 6.42 Å². The number of aromatic nitrogens is 1. The maximum atomic E-state index is 6.01.